The first kappa shape index (κ1) is 13.1. The molecule has 1 saturated heterocycles. The summed E-state index contributed by atoms with van der Waals surface area (Å²) in [6.07, 6.45) is 1.62. The summed E-state index contributed by atoms with van der Waals surface area (Å²) in [5.74, 6) is 0.264. The number of likely N-dealkylation sites (tertiary alicyclic amines) is 1. The van der Waals surface area contributed by atoms with Crippen molar-refractivity contribution >= 4 is 5.91 Å². The quantitative estimate of drug-likeness (QED) is 0.885. The summed E-state index contributed by atoms with van der Waals surface area (Å²) in [7, 11) is 1.88. The first-order chi connectivity index (χ1) is 8.58. The topological polar surface area (TPSA) is 32.3 Å². The molecule has 1 aliphatic rings. The summed E-state index contributed by atoms with van der Waals surface area (Å²) in [4.78, 5) is 13.2. The average Bonchev–Trinajstić information content (AvgIpc) is 2.35. The lowest BCUT2D eigenvalue weighted by Crippen LogP contribution is -2.46. The number of nitrogens with one attached hydrogen (secondary N) is 1. The number of carbonyl (C=O) groups is 1. The van der Waals surface area contributed by atoms with Crippen molar-refractivity contribution in [2.24, 2.45) is 0 Å². The Bertz CT molecular complexity index is 442. The predicted molar refractivity (Wildman–Crippen MR) is 73.4 cm³/mol. The van der Waals surface area contributed by atoms with Crippen LogP contribution in [-0.4, -0.2) is 30.4 Å². The molecule has 1 fully saturated rings. The zero-order chi connectivity index (χ0) is 13.1. The van der Waals surface area contributed by atoms with Crippen LogP contribution in [0, 0.1) is 13.8 Å². The molecule has 1 N–H and O–H groups in total. The number of piperidine rings is 1. The molecule has 3 nitrogen and oxygen atoms in total. The Labute approximate surface area is 109 Å². The Kier molecular flexibility index (Phi) is 4.02. The highest BCUT2D eigenvalue weighted by atomic mass is 16.2. The van der Waals surface area contributed by atoms with Crippen LogP contribution >= 0.6 is 0 Å². The van der Waals surface area contributed by atoms with Crippen LogP contribution in [0.2, 0.25) is 0 Å². The van der Waals surface area contributed by atoms with E-state index in [1.807, 2.05) is 11.9 Å². The fourth-order valence-corrected chi connectivity index (χ4v) is 2.44. The van der Waals surface area contributed by atoms with E-state index < -0.39 is 0 Å². The van der Waals surface area contributed by atoms with Gasteiger partial charge in [0.25, 0.3) is 0 Å². The van der Waals surface area contributed by atoms with Crippen molar-refractivity contribution in [3.63, 3.8) is 0 Å². The van der Waals surface area contributed by atoms with Gasteiger partial charge in [-0.3, -0.25) is 4.79 Å². The lowest BCUT2D eigenvalue weighted by molar-refractivity contribution is -0.132. The number of hydrogen-bond acceptors (Lipinski definition) is 2. The molecular weight excluding hydrogens is 224 g/mol. The summed E-state index contributed by atoms with van der Waals surface area (Å²) in [5.41, 5.74) is 4.06. The first-order valence-electron chi connectivity index (χ1n) is 6.60. The molecule has 0 bridgehead atoms. The van der Waals surface area contributed by atoms with Crippen LogP contribution in [-0.2, 0) is 11.3 Å². The largest absolute Gasteiger partial charge is 0.344 e. The van der Waals surface area contributed by atoms with Crippen molar-refractivity contribution in [1.29, 1.82) is 0 Å². The number of hydrogen-bond donors (Lipinski definition) is 1. The van der Waals surface area contributed by atoms with E-state index in [4.69, 9.17) is 0 Å². The molecule has 1 unspecified atom stereocenters. The maximum absolute atomic E-state index is 11.4. The molecule has 1 aromatic carbocycles. The molecule has 1 heterocycles. The second-order valence-electron chi connectivity index (χ2n) is 5.25. The van der Waals surface area contributed by atoms with Gasteiger partial charge in [0.05, 0.1) is 0 Å². The Hall–Kier alpha value is -1.35. The van der Waals surface area contributed by atoms with E-state index in [1.165, 1.54) is 16.7 Å². The molecule has 1 amide bonds. The molecule has 0 radical (unpaired) electrons. The van der Waals surface area contributed by atoms with E-state index in [-0.39, 0.29) is 5.91 Å². The maximum atomic E-state index is 11.4. The van der Waals surface area contributed by atoms with E-state index in [0.717, 1.165) is 19.5 Å². The Morgan fingerprint density at radius 2 is 2.17 bits per heavy atom. The molecule has 3 heteroatoms. The molecule has 0 aromatic heterocycles. The fraction of sp³-hybridized carbons (Fsp3) is 0.533. The molecule has 98 valence electrons. The van der Waals surface area contributed by atoms with Crippen molar-refractivity contribution in [1.82, 2.24) is 10.2 Å². The van der Waals surface area contributed by atoms with Crippen molar-refractivity contribution in [2.45, 2.75) is 39.3 Å². The second kappa shape index (κ2) is 5.53. The Morgan fingerprint density at radius 3 is 2.89 bits per heavy atom. The zero-order valence-electron chi connectivity index (χ0n) is 11.5. The van der Waals surface area contributed by atoms with Crippen LogP contribution in [0.3, 0.4) is 0 Å². The van der Waals surface area contributed by atoms with Gasteiger partial charge in [-0.15, -0.1) is 0 Å². The fourth-order valence-electron chi connectivity index (χ4n) is 2.44. The van der Waals surface area contributed by atoms with Crippen LogP contribution < -0.4 is 5.32 Å². The van der Waals surface area contributed by atoms with E-state index in [1.54, 1.807) is 0 Å². The molecule has 1 aromatic rings. The monoisotopic (exact) mass is 246 g/mol. The van der Waals surface area contributed by atoms with Crippen LogP contribution in [0.4, 0.5) is 0 Å². The third-order valence-corrected chi connectivity index (χ3v) is 3.92. The second-order valence-corrected chi connectivity index (χ2v) is 5.25. The van der Waals surface area contributed by atoms with Gasteiger partial charge in [-0.05, 0) is 37.0 Å². The number of rotatable bonds is 3. The van der Waals surface area contributed by atoms with Crippen molar-refractivity contribution in [3.8, 4) is 0 Å². The van der Waals surface area contributed by atoms with Gasteiger partial charge >= 0.3 is 0 Å². The van der Waals surface area contributed by atoms with Crippen LogP contribution in [0.1, 0.15) is 29.5 Å². The zero-order valence-corrected chi connectivity index (χ0v) is 11.5. The molecule has 0 aliphatic carbocycles. The highest BCUT2D eigenvalue weighted by molar-refractivity contribution is 5.76. The average molecular weight is 246 g/mol. The van der Waals surface area contributed by atoms with Gasteiger partial charge in [0.1, 0.15) is 0 Å². The summed E-state index contributed by atoms with van der Waals surface area (Å²) in [6.45, 7) is 6.03. The number of benzene rings is 1. The van der Waals surface area contributed by atoms with Crippen LogP contribution in [0.5, 0.6) is 0 Å². The maximum Gasteiger partial charge on any atom is 0.222 e. The van der Waals surface area contributed by atoms with Crippen molar-refractivity contribution < 1.29 is 4.79 Å². The van der Waals surface area contributed by atoms with E-state index in [9.17, 15) is 4.79 Å². The molecule has 1 atom stereocenters. The number of aryl methyl sites for hydroxylation is 1. The van der Waals surface area contributed by atoms with Crippen molar-refractivity contribution in [2.75, 3.05) is 13.6 Å². The van der Waals surface area contributed by atoms with Crippen LogP contribution in [0.15, 0.2) is 18.2 Å². The SMILES string of the molecule is Cc1cccc(CNC2CCC(=O)N(C)C2)c1C. The third kappa shape index (κ3) is 2.91. The van der Waals surface area contributed by atoms with Gasteiger partial charge in [0, 0.05) is 32.6 Å². The summed E-state index contributed by atoms with van der Waals surface area (Å²) < 4.78 is 0. The summed E-state index contributed by atoms with van der Waals surface area (Å²) in [5, 5.41) is 3.56. The summed E-state index contributed by atoms with van der Waals surface area (Å²) >= 11 is 0. The lowest BCUT2D eigenvalue weighted by atomic mass is 10.0. The number of nitrogens with zero attached hydrogens (tertiary/aromatic N) is 1. The molecular formula is C15H22N2O. The van der Waals surface area contributed by atoms with Crippen LogP contribution in [0.25, 0.3) is 0 Å². The minimum atomic E-state index is 0.264. The predicted octanol–water partition coefficient (Wildman–Crippen LogP) is 2.01. The lowest BCUT2D eigenvalue weighted by Gasteiger charge is -2.30. The molecule has 0 saturated carbocycles. The Balaban J connectivity index is 1.92. The highest BCUT2D eigenvalue weighted by Crippen LogP contribution is 2.14. The minimum absolute atomic E-state index is 0.264. The van der Waals surface area contributed by atoms with Gasteiger partial charge in [0.15, 0.2) is 0 Å². The number of amides is 1. The summed E-state index contributed by atoms with van der Waals surface area (Å²) in [6, 6.07) is 6.85. The van der Waals surface area contributed by atoms with Gasteiger partial charge in [-0.1, -0.05) is 18.2 Å². The standard InChI is InChI=1S/C15H22N2O/c1-11-5-4-6-13(12(11)2)9-16-14-7-8-15(18)17(3)10-14/h4-6,14,16H,7-10H2,1-3H3. The van der Waals surface area contributed by atoms with Gasteiger partial charge in [0.2, 0.25) is 5.91 Å². The third-order valence-electron chi connectivity index (χ3n) is 3.92. The normalized spacial score (nSPS) is 20.3. The highest BCUT2D eigenvalue weighted by Gasteiger charge is 2.22. The van der Waals surface area contributed by atoms with E-state index >= 15 is 0 Å². The smallest absolute Gasteiger partial charge is 0.222 e. The van der Waals surface area contributed by atoms with Gasteiger partial charge < -0.3 is 10.2 Å². The Morgan fingerprint density at radius 1 is 1.39 bits per heavy atom. The van der Waals surface area contributed by atoms with Gasteiger partial charge in [-0.2, -0.15) is 0 Å². The molecule has 1 aliphatic heterocycles. The van der Waals surface area contributed by atoms with E-state index in [0.29, 0.717) is 12.5 Å². The van der Waals surface area contributed by atoms with Crippen molar-refractivity contribution in [3.05, 3.63) is 34.9 Å². The first-order valence-corrected chi connectivity index (χ1v) is 6.60. The number of likely N-dealkylation sites (N-methyl/N-ethyl adjacent to an activating group) is 1. The minimum Gasteiger partial charge on any atom is -0.344 e. The molecule has 18 heavy (non-hydrogen) atoms. The van der Waals surface area contributed by atoms with E-state index in [2.05, 4.69) is 37.4 Å². The molecule has 0 spiro atoms. The molecule has 2 rings (SSSR count). The number of carbonyl (C=O) groups excluding carboxylic acids is 1. The van der Waals surface area contributed by atoms with Gasteiger partial charge in [-0.25, -0.2) is 0 Å².